The topological polar surface area (TPSA) is 213 Å². The number of carbonyl (C=O) groups excluding carboxylic acids is 5. The van der Waals surface area contributed by atoms with E-state index in [0.29, 0.717) is 5.56 Å². The number of guanidine groups is 2. The number of amides is 5. The van der Waals surface area contributed by atoms with Gasteiger partial charge < -0.3 is 39.1 Å². The molecule has 3 heterocycles. The third kappa shape index (κ3) is 10.1. The van der Waals surface area contributed by atoms with Crippen molar-refractivity contribution in [3.8, 4) is 0 Å². The Kier molecular flexibility index (Phi) is 12.6. The molecule has 0 bridgehead atoms. The molecule has 18 heteroatoms. The van der Waals surface area contributed by atoms with Gasteiger partial charge in [-0.3, -0.25) is 5.32 Å². The fourth-order valence-electron chi connectivity index (χ4n) is 6.90. The normalized spacial score (nSPS) is 22.4. The Morgan fingerprint density at radius 1 is 0.862 bits per heavy atom. The molecule has 5 rings (SSSR count). The molecule has 4 atom stereocenters. The van der Waals surface area contributed by atoms with Crippen LogP contribution in [0.25, 0.3) is 0 Å². The smallest absolute Gasteiger partial charge is 0.437 e. The molecule has 3 aliphatic heterocycles. The summed E-state index contributed by atoms with van der Waals surface area (Å²) in [6, 6.07) is 16.0. The standard InChI is InChI=1S/C40H53N7O11/c1-37(2,3)56-33(49)43-31-42-27(24-54-30(41)48)29-40(28(55-35(51)46(31)40)20-21-53-23-26-18-14-11-15-19-26)47(36(52)58-39(7,8)9)32(44-34(50)57-38(4,5)6)45(29)22-25-16-12-10-13-17-25/h10-19,27-29H,20-24H2,1-9H3,(H2,41,48)(H,42,43,49)/b44-32+/t27?,28-,29?,40?/m1/s1. The second-order valence-corrected chi connectivity index (χ2v) is 16.9. The van der Waals surface area contributed by atoms with Gasteiger partial charge >= 0.3 is 30.5 Å². The van der Waals surface area contributed by atoms with E-state index in [4.69, 9.17) is 39.1 Å². The summed E-state index contributed by atoms with van der Waals surface area (Å²) in [7, 11) is 0. The highest BCUT2D eigenvalue weighted by Crippen LogP contribution is 2.50. The minimum atomic E-state index is -2.07. The van der Waals surface area contributed by atoms with Crippen LogP contribution in [-0.2, 0) is 41.6 Å². The lowest BCUT2D eigenvalue weighted by Crippen LogP contribution is -2.75. The summed E-state index contributed by atoms with van der Waals surface area (Å²) in [6.45, 7) is 14.5. The van der Waals surface area contributed by atoms with Gasteiger partial charge in [-0.2, -0.15) is 0 Å². The fourth-order valence-corrected chi connectivity index (χ4v) is 6.90. The maximum atomic E-state index is 14.9. The second kappa shape index (κ2) is 16.9. The van der Waals surface area contributed by atoms with Crippen molar-refractivity contribution in [3.05, 3.63) is 71.8 Å². The van der Waals surface area contributed by atoms with Crippen LogP contribution in [0.2, 0.25) is 0 Å². The molecule has 0 aromatic heterocycles. The van der Waals surface area contributed by atoms with Gasteiger partial charge in [0.2, 0.25) is 11.9 Å². The molecule has 2 aromatic rings. The number of hydrogen-bond donors (Lipinski definition) is 2. The molecule has 5 amide bonds. The van der Waals surface area contributed by atoms with Gasteiger partial charge in [-0.05, 0) is 73.4 Å². The van der Waals surface area contributed by atoms with Crippen LogP contribution in [0, 0.1) is 0 Å². The van der Waals surface area contributed by atoms with Crippen LogP contribution in [-0.4, -0.2) is 111 Å². The summed E-state index contributed by atoms with van der Waals surface area (Å²) in [6.07, 6.45) is -6.59. The molecule has 0 aliphatic carbocycles. The highest BCUT2D eigenvalue weighted by atomic mass is 16.6. The van der Waals surface area contributed by atoms with Gasteiger partial charge in [-0.25, -0.2) is 38.8 Å². The average Bonchev–Trinajstić information content (AvgIpc) is 3.53. The Bertz CT molecular complexity index is 1900. The number of ether oxygens (including phenoxy) is 6. The Morgan fingerprint density at radius 2 is 1.45 bits per heavy atom. The summed E-state index contributed by atoms with van der Waals surface area (Å²) < 4.78 is 34.8. The lowest BCUT2D eigenvalue weighted by atomic mass is 9.84. The highest BCUT2D eigenvalue weighted by molar-refractivity contribution is 6.08. The van der Waals surface area contributed by atoms with Gasteiger partial charge in [0.05, 0.1) is 13.2 Å². The number of hydrogen-bond acceptors (Lipinski definition) is 12. The van der Waals surface area contributed by atoms with Gasteiger partial charge in [0.25, 0.3) is 0 Å². The Balaban J connectivity index is 1.79. The number of rotatable bonds is 9. The Hall–Kier alpha value is -5.91. The molecule has 3 aliphatic rings. The van der Waals surface area contributed by atoms with E-state index in [2.05, 4.69) is 10.3 Å². The summed E-state index contributed by atoms with van der Waals surface area (Å²) >= 11 is 0. The molecule has 3 unspecified atom stereocenters. The second-order valence-electron chi connectivity index (χ2n) is 16.9. The number of nitrogens with one attached hydrogen (secondary N) is 1. The maximum Gasteiger partial charge on any atom is 0.437 e. The maximum absolute atomic E-state index is 14.9. The number of aliphatic imine (C=N–C) groups is 2. The molecular formula is C40H53N7O11. The van der Waals surface area contributed by atoms with Crippen LogP contribution >= 0.6 is 0 Å². The highest BCUT2D eigenvalue weighted by Gasteiger charge is 2.76. The van der Waals surface area contributed by atoms with Gasteiger partial charge in [-0.15, -0.1) is 4.99 Å². The van der Waals surface area contributed by atoms with Crippen LogP contribution in [0.5, 0.6) is 0 Å². The number of alkyl carbamates (subject to hydrolysis) is 1. The largest absolute Gasteiger partial charge is 0.447 e. The van der Waals surface area contributed by atoms with E-state index in [-0.39, 0.29) is 32.1 Å². The molecule has 2 aromatic carbocycles. The van der Waals surface area contributed by atoms with E-state index in [1.54, 1.807) is 79.3 Å². The first-order valence-corrected chi connectivity index (χ1v) is 18.9. The monoisotopic (exact) mass is 807 g/mol. The predicted octanol–water partition coefficient (Wildman–Crippen LogP) is 5.88. The van der Waals surface area contributed by atoms with E-state index in [9.17, 15) is 24.0 Å². The zero-order valence-electron chi connectivity index (χ0n) is 34.3. The summed E-state index contributed by atoms with van der Waals surface area (Å²) in [4.78, 5) is 81.6. The van der Waals surface area contributed by atoms with Crippen molar-refractivity contribution in [2.24, 2.45) is 15.7 Å². The van der Waals surface area contributed by atoms with Crippen molar-refractivity contribution in [2.45, 2.75) is 123 Å². The van der Waals surface area contributed by atoms with Crippen LogP contribution in [0.4, 0.5) is 24.0 Å². The van der Waals surface area contributed by atoms with Crippen molar-refractivity contribution < 1.29 is 52.4 Å². The Labute approximate surface area is 337 Å². The molecule has 1 spiro atoms. The van der Waals surface area contributed by atoms with Gasteiger partial charge in [0.15, 0.2) is 11.8 Å². The SMILES string of the molecule is CC(C)(C)OC(=O)/N=C1\N(Cc2ccccc2)C2C(COC(N)=O)N=C(NC(=O)OC(C)(C)C)N3C(=O)O[C@H](CCOCc4ccccc4)C23N1C(=O)OC(C)(C)C. The summed E-state index contributed by atoms with van der Waals surface area (Å²) in [5.74, 6) is -0.707. The average molecular weight is 808 g/mol. The van der Waals surface area contributed by atoms with E-state index in [1.807, 2.05) is 48.5 Å². The van der Waals surface area contributed by atoms with Crippen LogP contribution < -0.4 is 11.1 Å². The molecule has 0 radical (unpaired) electrons. The molecule has 18 nitrogen and oxygen atoms in total. The zero-order chi connectivity index (χ0) is 42.6. The van der Waals surface area contributed by atoms with Crippen molar-refractivity contribution in [2.75, 3.05) is 13.2 Å². The van der Waals surface area contributed by atoms with Gasteiger partial charge in [0.1, 0.15) is 35.5 Å². The van der Waals surface area contributed by atoms with Crippen LogP contribution in [0.15, 0.2) is 70.6 Å². The number of nitrogens with two attached hydrogens (primary N) is 1. The van der Waals surface area contributed by atoms with Gasteiger partial charge in [0, 0.05) is 13.0 Å². The van der Waals surface area contributed by atoms with E-state index < -0.39 is 83.7 Å². The van der Waals surface area contributed by atoms with E-state index >= 15 is 0 Å². The lowest BCUT2D eigenvalue weighted by Gasteiger charge is -2.48. The molecule has 58 heavy (non-hydrogen) atoms. The third-order valence-corrected chi connectivity index (χ3v) is 8.71. The number of primary amides is 1. The minimum absolute atomic E-state index is 0.00294. The lowest BCUT2D eigenvalue weighted by molar-refractivity contribution is -0.0495. The van der Waals surface area contributed by atoms with E-state index in [1.165, 1.54) is 0 Å². The van der Waals surface area contributed by atoms with Gasteiger partial charge in [-0.1, -0.05) is 60.7 Å². The number of nitrogens with zero attached hydrogens (tertiary/aromatic N) is 5. The summed E-state index contributed by atoms with van der Waals surface area (Å²) in [5, 5.41) is 2.55. The number of cyclic esters (lactones) is 1. The third-order valence-electron chi connectivity index (χ3n) is 8.71. The molecule has 2 fully saturated rings. The van der Waals surface area contributed by atoms with Crippen molar-refractivity contribution >= 4 is 42.4 Å². The molecule has 3 N–H and O–H groups in total. The quantitative estimate of drug-likeness (QED) is 0.225. The predicted molar refractivity (Wildman–Crippen MR) is 209 cm³/mol. The first-order valence-electron chi connectivity index (χ1n) is 18.9. The van der Waals surface area contributed by atoms with Crippen molar-refractivity contribution in [1.82, 2.24) is 20.0 Å². The first-order chi connectivity index (χ1) is 27.1. The van der Waals surface area contributed by atoms with E-state index in [0.717, 1.165) is 15.4 Å². The molecule has 0 saturated carbocycles. The first kappa shape index (κ1) is 43.2. The zero-order valence-corrected chi connectivity index (χ0v) is 34.3. The minimum Gasteiger partial charge on any atom is -0.447 e. The van der Waals surface area contributed by atoms with Crippen LogP contribution in [0.3, 0.4) is 0 Å². The number of benzene rings is 2. The summed E-state index contributed by atoms with van der Waals surface area (Å²) in [5.41, 5.74) is 1.89. The molecule has 2 saturated heterocycles. The van der Waals surface area contributed by atoms with Crippen LogP contribution in [0.1, 0.15) is 79.9 Å². The number of carbonyl (C=O) groups is 5. The van der Waals surface area contributed by atoms with Crippen molar-refractivity contribution in [1.29, 1.82) is 0 Å². The Morgan fingerprint density at radius 3 is 2.02 bits per heavy atom. The van der Waals surface area contributed by atoms with Crippen molar-refractivity contribution in [3.63, 3.8) is 0 Å². The fraction of sp³-hybridized carbons (Fsp3) is 0.525. The molecular weight excluding hydrogens is 754 g/mol. The molecule has 314 valence electrons.